The van der Waals surface area contributed by atoms with Gasteiger partial charge >= 0.3 is 0 Å². The van der Waals surface area contributed by atoms with E-state index >= 15 is 0 Å². The first-order chi connectivity index (χ1) is 12.1. The number of hydrogen-bond donors (Lipinski definition) is 0. The fourth-order valence-electron chi connectivity index (χ4n) is 2.44. The Morgan fingerprint density at radius 2 is 1.72 bits per heavy atom. The van der Waals surface area contributed by atoms with E-state index in [1.807, 2.05) is 35.2 Å². The van der Waals surface area contributed by atoms with Gasteiger partial charge in [-0.25, -0.2) is 0 Å². The second kappa shape index (κ2) is 8.99. The summed E-state index contributed by atoms with van der Waals surface area (Å²) in [7, 11) is 0. The average Bonchev–Trinajstić information content (AvgIpc) is 3.14. The highest BCUT2D eigenvalue weighted by Crippen LogP contribution is 2.37. The number of rotatable bonds is 5. The fraction of sp³-hybridized carbons (Fsp3) is 0.278. The molecule has 1 aliphatic heterocycles. The van der Waals surface area contributed by atoms with Crippen molar-refractivity contribution >= 4 is 52.4 Å². The van der Waals surface area contributed by atoms with Gasteiger partial charge in [-0.3, -0.25) is 0 Å². The fourth-order valence-corrected chi connectivity index (χ4v) is 3.86. The van der Waals surface area contributed by atoms with Crippen molar-refractivity contribution < 1.29 is 9.47 Å². The summed E-state index contributed by atoms with van der Waals surface area (Å²) in [6.45, 7) is 1.84. The van der Waals surface area contributed by atoms with E-state index in [0.717, 1.165) is 30.8 Å². The Balaban J connectivity index is 1.64. The lowest BCUT2D eigenvalue weighted by atomic mass is 10.3. The lowest BCUT2D eigenvalue weighted by molar-refractivity contribution is 0.384. The molecule has 1 aliphatic rings. The minimum absolute atomic E-state index is 0.412. The first kappa shape index (κ1) is 18.6. The van der Waals surface area contributed by atoms with Gasteiger partial charge in [0.05, 0.1) is 10.0 Å². The molecule has 0 N–H and O–H groups in total. The van der Waals surface area contributed by atoms with E-state index in [9.17, 15) is 0 Å². The molecule has 2 aromatic carbocycles. The maximum atomic E-state index is 6.23. The molecule has 0 bridgehead atoms. The van der Waals surface area contributed by atoms with Crippen molar-refractivity contribution in [2.75, 3.05) is 19.0 Å². The molecule has 0 radical (unpaired) electrons. The van der Waals surface area contributed by atoms with Crippen molar-refractivity contribution in [1.29, 1.82) is 0 Å². The summed E-state index contributed by atoms with van der Waals surface area (Å²) in [5, 5.41) is 1.29. The SMILES string of the molecule is S=C(Oc1cc(OCSc2ccccc2)c(Cl)cc1Cl)N1CCCC1. The zero-order valence-corrected chi connectivity index (χ0v) is 16.6. The molecule has 7 heteroatoms. The predicted octanol–water partition coefficient (Wildman–Crippen LogP) is 5.88. The maximum Gasteiger partial charge on any atom is 0.264 e. The van der Waals surface area contributed by atoms with Crippen molar-refractivity contribution in [3.63, 3.8) is 0 Å². The van der Waals surface area contributed by atoms with Gasteiger partial charge in [0.25, 0.3) is 5.17 Å². The number of likely N-dealkylation sites (tertiary alicyclic amines) is 1. The quantitative estimate of drug-likeness (QED) is 0.345. The minimum atomic E-state index is 0.412. The standard InChI is InChI=1S/C18H17Cl2NO2S2/c19-14-10-15(20)17(23-18(24)21-8-4-5-9-21)11-16(14)22-12-25-13-6-2-1-3-7-13/h1-3,6-7,10-11H,4-5,8-9,12H2. The molecule has 0 atom stereocenters. The third kappa shape index (κ3) is 5.17. The molecule has 3 nitrogen and oxygen atoms in total. The summed E-state index contributed by atoms with van der Waals surface area (Å²) < 4.78 is 11.5. The number of thiocarbonyl (C=S) groups is 1. The number of thioether (sulfide) groups is 1. The Kier molecular flexibility index (Phi) is 6.70. The monoisotopic (exact) mass is 413 g/mol. The third-order valence-corrected chi connectivity index (χ3v) is 5.50. The van der Waals surface area contributed by atoms with Crippen molar-refractivity contribution in [2.24, 2.45) is 0 Å². The Morgan fingerprint density at radius 3 is 2.44 bits per heavy atom. The van der Waals surface area contributed by atoms with Crippen LogP contribution in [0.1, 0.15) is 12.8 Å². The normalized spacial score (nSPS) is 13.8. The molecule has 25 heavy (non-hydrogen) atoms. The van der Waals surface area contributed by atoms with Gasteiger partial charge in [-0.2, -0.15) is 0 Å². The summed E-state index contributed by atoms with van der Waals surface area (Å²) in [5.74, 6) is 1.41. The van der Waals surface area contributed by atoms with Gasteiger partial charge < -0.3 is 14.4 Å². The third-order valence-electron chi connectivity index (χ3n) is 3.73. The molecule has 0 spiro atoms. The molecule has 0 saturated carbocycles. The van der Waals surface area contributed by atoms with Crippen LogP contribution in [0.4, 0.5) is 0 Å². The van der Waals surface area contributed by atoms with Crippen LogP contribution in [0.5, 0.6) is 11.5 Å². The molecule has 1 saturated heterocycles. The van der Waals surface area contributed by atoms with Gasteiger partial charge in [-0.1, -0.05) is 53.2 Å². The summed E-state index contributed by atoms with van der Waals surface area (Å²) in [6, 6.07) is 13.3. The molecule has 0 amide bonds. The Labute approximate surface area is 167 Å². The number of nitrogens with zero attached hydrogens (tertiary/aromatic N) is 1. The summed E-state index contributed by atoms with van der Waals surface area (Å²) in [6.07, 6.45) is 2.26. The second-order valence-corrected chi connectivity index (χ2v) is 7.65. The van der Waals surface area contributed by atoms with Gasteiger partial charge in [0.1, 0.15) is 11.7 Å². The average molecular weight is 414 g/mol. The molecule has 0 aliphatic carbocycles. The molecule has 0 aromatic heterocycles. The molecule has 1 fully saturated rings. The largest absolute Gasteiger partial charge is 0.481 e. The van der Waals surface area contributed by atoms with Gasteiger partial charge in [-0.15, -0.1) is 0 Å². The topological polar surface area (TPSA) is 21.7 Å². The van der Waals surface area contributed by atoms with Crippen LogP contribution >= 0.6 is 47.2 Å². The number of halogens is 2. The summed E-state index contributed by atoms with van der Waals surface area (Å²) in [4.78, 5) is 3.16. The van der Waals surface area contributed by atoms with E-state index in [1.165, 1.54) is 0 Å². The van der Waals surface area contributed by atoms with E-state index < -0.39 is 0 Å². The van der Waals surface area contributed by atoms with Crippen LogP contribution < -0.4 is 9.47 Å². The molecule has 3 rings (SSSR count). The number of hydrogen-bond acceptors (Lipinski definition) is 4. The summed E-state index contributed by atoms with van der Waals surface area (Å²) in [5.41, 5.74) is 0. The van der Waals surface area contributed by atoms with Gasteiger partial charge in [-0.05, 0) is 43.3 Å². The number of benzene rings is 2. The van der Waals surface area contributed by atoms with Crippen LogP contribution in [0.15, 0.2) is 47.4 Å². The van der Waals surface area contributed by atoms with E-state index in [1.54, 1.807) is 23.9 Å². The predicted molar refractivity (Wildman–Crippen MR) is 108 cm³/mol. The second-order valence-electron chi connectivity index (χ2n) is 5.49. The molecule has 1 heterocycles. The molecular weight excluding hydrogens is 397 g/mol. The van der Waals surface area contributed by atoms with Crippen molar-refractivity contribution in [2.45, 2.75) is 17.7 Å². The molecular formula is C18H17Cl2NO2S2. The van der Waals surface area contributed by atoms with Crippen LogP contribution in [0.25, 0.3) is 0 Å². The van der Waals surface area contributed by atoms with Crippen LogP contribution in [0.3, 0.4) is 0 Å². The zero-order chi connectivity index (χ0) is 17.6. The smallest absolute Gasteiger partial charge is 0.264 e. The van der Waals surface area contributed by atoms with Crippen LogP contribution in [0.2, 0.25) is 10.0 Å². The van der Waals surface area contributed by atoms with E-state index in [0.29, 0.717) is 32.7 Å². The Morgan fingerprint density at radius 1 is 1.04 bits per heavy atom. The first-order valence-corrected chi connectivity index (χ1v) is 10.0. The Hall–Kier alpha value is -1.14. The van der Waals surface area contributed by atoms with Crippen molar-refractivity contribution in [3.8, 4) is 11.5 Å². The van der Waals surface area contributed by atoms with Gasteiger partial charge in [0.15, 0.2) is 5.75 Å². The lowest BCUT2D eigenvalue weighted by Gasteiger charge is -2.19. The minimum Gasteiger partial charge on any atom is -0.481 e. The van der Waals surface area contributed by atoms with Gasteiger partial charge in [0, 0.05) is 24.1 Å². The highest BCUT2D eigenvalue weighted by Gasteiger charge is 2.18. The van der Waals surface area contributed by atoms with Crippen molar-refractivity contribution in [1.82, 2.24) is 4.90 Å². The maximum absolute atomic E-state index is 6.23. The van der Waals surface area contributed by atoms with Crippen LogP contribution in [-0.4, -0.2) is 29.1 Å². The molecule has 132 valence electrons. The van der Waals surface area contributed by atoms with E-state index in [2.05, 4.69) is 0 Å². The van der Waals surface area contributed by atoms with Crippen LogP contribution in [-0.2, 0) is 0 Å². The van der Waals surface area contributed by atoms with Crippen LogP contribution in [0, 0.1) is 0 Å². The van der Waals surface area contributed by atoms with E-state index in [-0.39, 0.29) is 0 Å². The number of ether oxygens (including phenoxy) is 2. The highest BCUT2D eigenvalue weighted by atomic mass is 35.5. The van der Waals surface area contributed by atoms with Gasteiger partial charge in [0.2, 0.25) is 0 Å². The molecule has 0 unspecified atom stereocenters. The summed E-state index contributed by atoms with van der Waals surface area (Å²) >= 11 is 19.4. The van der Waals surface area contributed by atoms with Crippen molar-refractivity contribution in [3.05, 3.63) is 52.5 Å². The highest BCUT2D eigenvalue weighted by molar-refractivity contribution is 7.99. The lowest BCUT2D eigenvalue weighted by Crippen LogP contribution is -2.30. The van der Waals surface area contributed by atoms with E-state index in [4.69, 9.17) is 44.9 Å². The molecule has 2 aromatic rings. The zero-order valence-electron chi connectivity index (χ0n) is 13.4. The first-order valence-electron chi connectivity index (χ1n) is 7.90. The Bertz CT molecular complexity index is 737.